The molecular formula is C16H20N2O6S2. The second-order valence-corrected chi connectivity index (χ2v) is 8.69. The second-order valence-electron chi connectivity index (χ2n) is 5.44. The topological polar surface area (TPSA) is 125 Å². The van der Waals surface area contributed by atoms with Crippen molar-refractivity contribution in [1.82, 2.24) is 0 Å². The highest BCUT2D eigenvalue weighted by Gasteiger charge is 2.16. The van der Waals surface area contributed by atoms with Crippen LogP contribution in [0.2, 0.25) is 0 Å². The van der Waals surface area contributed by atoms with Gasteiger partial charge in [-0.15, -0.1) is 0 Å². The monoisotopic (exact) mass is 400 g/mol. The van der Waals surface area contributed by atoms with E-state index in [1.807, 2.05) is 0 Å². The van der Waals surface area contributed by atoms with Crippen LogP contribution in [0.3, 0.4) is 0 Å². The minimum Gasteiger partial charge on any atom is -0.491 e. The molecule has 2 rings (SSSR count). The Morgan fingerprint density at radius 1 is 0.962 bits per heavy atom. The zero-order valence-corrected chi connectivity index (χ0v) is 15.9. The summed E-state index contributed by atoms with van der Waals surface area (Å²) in [7, 11) is -6.11. The summed E-state index contributed by atoms with van der Waals surface area (Å²) in [5.74, 6) is 0.568. The lowest BCUT2D eigenvalue weighted by atomic mass is 10.2. The smallest absolute Gasteiger partial charge is 0.261 e. The van der Waals surface area contributed by atoms with E-state index in [-0.39, 0.29) is 15.5 Å². The van der Waals surface area contributed by atoms with Crippen molar-refractivity contribution in [2.45, 2.75) is 16.7 Å². The number of nitrogens with two attached hydrogens (primary N) is 1. The van der Waals surface area contributed by atoms with E-state index in [9.17, 15) is 16.8 Å². The maximum atomic E-state index is 12.5. The van der Waals surface area contributed by atoms with Crippen molar-refractivity contribution in [3.8, 4) is 5.75 Å². The third-order valence-corrected chi connectivity index (χ3v) is 5.74. The van der Waals surface area contributed by atoms with Gasteiger partial charge in [0.15, 0.2) is 0 Å². The van der Waals surface area contributed by atoms with E-state index < -0.39 is 20.0 Å². The molecule has 8 nitrogen and oxygen atoms in total. The molecule has 0 fully saturated rings. The first kappa shape index (κ1) is 20.2. The lowest BCUT2D eigenvalue weighted by Crippen LogP contribution is -2.14. The third kappa shape index (κ3) is 5.18. The highest BCUT2D eigenvalue weighted by molar-refractivity contribution is 7.92. The Hall–Kier alpha value is -2.14. The zero-order chi connectivity index (χ0) is 19.4. The van der Waals surface area contributed by atoms with Gasteiger partial charge in [-0.05, 0) is 55.0 Å². The molecule has 0 aromatic heterocycles. The summed E-state index contributed by atoms with van der Waals surface area (Å²) in [5, 5.41) is 5.01. The molecule has 0 amide bonds. The van der Waals surface area contributed by atoms with Crippen LogP contribution >= 0.6 is 0 Å². The SMILES string of the molecule is COCCOc1ccc(S(=O)(=O)Nc2ccc(S(N)(=O)=O)cc2)cc1C. The molecule has 0 bridgehead atoms. The molecule has 3 N–H and O–H groups in total. The van der Waals surface area contributed by atoms with Gasteiger partial charge in [0.1, 0.15) is 12.4 Å². The van der Waals surface area contributed by atoms with Gasteiger partial charge in [0.25, 0.3) is 10.0 Å². The first-order valence-corrected chi connectivity index (χ1v) is 10.5. The summed E-state index contributed by atoms with van der Waals surface area (Å²) < 4.78 is 60.2. The summed E-state index contributed by atoms with van der Waals surface area (Å²) in [6, 6.07) is 9.60. The Balaban J connectivity index is 2.18. The van der Waals surface area contributed by atoms with Gasteiger partial charge in [0.2, 0.25) is 10.0 Å². The van der Waals surface area contributed by atoms with E-state index in [0.29, 0.717) is 24.5 Å². The van der Waals surface area contributed by atoms with Gasteiger partial charge in [-0.1, -0.05) is 0 Å². The molecule has 142 valence electrons. The summed E-state index contributed by atoms with van der Waals surface area (Å²) in [4.78, 5) is -0.0431. The molecule has 0 unspecified atom stereocenters. The standard InChI is InChI=1S/C16H20N2O6S2/c1-12-11-15(7-8-16(12)24-10-9-23-2)26(21,22)18-13-3-5-14(6-4-13)25(17,19)20/h3-8,11,18H,9-10H2,1-2H3,(H2,17,19,20). The van der Waals surface area contributed by atoms with Crippen molar-refractivity contribution in [3.63, 3.8) is 0 Å². The molecule has 0 heterocycles. The number of aryl methyl sites for hydroxylation is 1. The fourth-order valence-electron chi connectivity index (χ4n) is 2.11. The Morgan fingerprint density at radius 3 is 2.12 bits per heavy atom. The third-order valence-electron chi connectivity index (χ3n) is 3.44. The van der Waals surface area contributed by atoms with Crippen LogP contribution in [-0.4, -0.2) is 37.2 Å². The minimum atomic E-state index is -3.84. The van der Waals surface area contributed by atoms with Crippen molar-refractivity contribution < 1.29 is 26.3 Å². The van der Waals surface area contributed by atoms with Crippen molar-refractivity contribution in [2.75, 3.05) is 25.0 Å². The molecule has 0 spiro atoms. The number of rotatable bonds is 8. The van der Waals surface area contributed by atoms with E-state index in [4.69, 9.17) is 14.6 Å². The molecule has 2 aromatic carbocycles. The highest BCUT2D eigenvalue weighted by Crippen LogP contribution is 2.24. The van der Waals surface area contributed by atoms with Gasteiger partial charge in [0, 0.05) is 12.8 Å². The molecule has 0 aliphatic heterocycles. The van der Waals surface area contributed by atoms with Crippen molar-refractivity contribution in [1.29, 1.82) is 0 Å². The molecule has 0 saturated carbocycles. The molecule has 0 atom stereocenters. The number of primary sulfonamides is 1. The number of methoxy groups -OCH3 is 1. The average Bonchev–Trinajstić information content (AvgIpc) is 2.55. The zero-order valence-electron chi connectivity index (χ0n) is 14.3. The maximum Gasteiger partial charge on any atom is 0.261 e. The highest BCUT2D eigenvalue weighted by atomic mass is 32.2. The number of nitrogens with one attached hydrogen (secondary N) is 1. The van der Waals surface area contributed by atoms with Crippen LogP contribution < -0.4 is 14.6 Å². The Bertz CT molecular complexity index is 970. The molecule has 0 aliphatic carbocycles. The molecule has 2 aromatic rings. The van der Waals surface area contributed by atoms with Crippen LogP contribution in [0.25, 0.3) is 0 Å². The molecule has 0 aliphatic rings. The van der Waals surface area contributed by atoms with Crippen molar-refractivity contribution in [2.24, 2.45) is 5.14 Å². The molecule has 0 radical (unpaired) electrons. The van der Waals surface area contributed by atoms with E-state index in [2.05, 4.69) is 4.72 Å². The molecule has 0 saturated heterocycles. The Morgan fingerprint density at radius 2 is 1.58 bits per heavy atom. The quantitative estimate of drug-likeness (QED) is 0.647. The predicted molar refractivity (Wildman–Crippen MR) is 97.2 cm³/mol. The van der Waals surface area contributed by atoms with Crippen LogP contribution in [0.4, 0.5) is 5.69 Å². The van der Waals surface area contributed by atoms with Gasteiger partial charge in [-0.25, -0.2) is 22.0 Å². The van der Waals surface area contributed by atoms with Gasteiger partial charge >= 0.3 is 0 Å². The van der Waals surface area contributed by atoms with Gasteiger partial charge in [0.05, 0.1) is 16.4 Å². The number of anilines is 1. The van der Waals surface area contributed by atoms with E-state index >= 15 is 0 Å². The maximum absolute atomic E-state index is 12.5. The molecule has 10 heteroatoms. The Labute approximate surface area is 153 Å². The van der Waals surface area contributed by atoms with Crippen LogP contribution in [-0.2, 0) is 24.8 Å². The summed E-state index contributed by atoms with van der Waals surface area (Å²) in [6.07, 6.45) is 0. The van der Waals surface area contributed by atoms with E-state index in [1.165, 1.54) is 36.4 Å². The predicted octanol–water partition coefficient (Wildman–Crippen LogP) is 1.47. The summed E-state index contributed by atoms with van der Waals surface area (Å²) in [5.41, 5.74) is 0.879. The molecular weight excluding hydrogens is 380 g/mol. The lowest BCUT2D eigenvalue weighted by Gasteiger charge is -2.12. The fraction of sp³-hybridized carbons (Fsp3) is 0.250. The number of hydrogen-bond acceptors (Lipinski definition) is 6. The number of hydrogen-bond donors (Lipinski definition) is 2. The van der Waals surface area contributed by atoms with E-state index in [1.54, 1.807) is 20.1 Å². The number of ether oxygens (including phenoxy) is 2. The summed E-state index contributed by atoms with van der Waals surface area (Å²) >= 11 is 0. The average molecular weight is 400 g/mol. The van der Waals surface area contributed by atoms with Gasteiger partial charge in [-0.2, -0.15) is 0 Å². The van der Waals surface area contributed by atoms with Crippen LogP contribution in [0, 0.1) is 6.92 Å². The first-order valence-electron chi connectivity index (χ1n) is 7.51. The Kier molecular flexibility index (Phi) is 6.24. The number of sulfonamides is 2. The number of benzene rings is 2. The van der Waals surface area contributed by atoms with Crippen molar-refractivity contribution >= 4 is 25.7 Å². The van der Waals surface area contributed by atoms with Crippen LogP contribution in [0.15, 0.2) is 52.3 Å². The van der Waals surface area contributed by atoms with Crippen molar-refractivity contribution in [3.05, 3.63) is 48.0 Å². The molecule has 26 heavy (non-hydrogen) atoms. The summed E-state index contributed by atoms with van der Waals surface area (Å²) in [6.45, 7) is 2.52. The van der Waals surface area contributed by atoms with Gasteiger partial charge < -0.3 is 9.47 Å². The first-order chi connectivity index (χ1) is 12.1. The van der Waals surface area contributed by atoms with Crippen LogP contribution in [0.1, 0.15) is 5.56 Å². The largest absolute Gasteiger partial charge is 0.491 e. The minimum absolute atomic E-state index is 0.0598. The van der Waals surface area contributed by atoms with Crippen LogP contribution in [0.5, 0.6) is 5.75 Å². The van der Waals surface area contributed by atoms with E-state index in [0.717, 1.165) is 0 Å². The van der Waals surface area contributed by atoms with Gasteiger partial charge in [-0.3, -0.25) is 4.72 Å². The fourth-order valence-corrected chi connectivity index (χ4v) is 3.77. The normalized spacial score (nSPS) is 12.0. The lowest BCUT2D eigenvalue weighted by molar-refractivity contribution is 0.146. The second kappa shape index (κ2) is 8.04.